The standard InChI is InChI=1S/C21H12ClNO4/c22-15-3-1-14(2-4-15)21(25)26-16-5-6-17-18(12-16)27-19(20(17)24)11-13-7-9-23-10-8-13/h1-12H/b19-11-. The molecule has 0 atom stereocenters. The first-order valence-corrected chi connectivity index (χ1v) is 8.44. The molecule has 6 heteroatoms. The molecule has 0 spiro atoms. The van der Waals surface area contributed by atoms with Crippen LogP contribution in [0.5, 0.6) is 11.5 Å². The maximum Gasteiger partial charge on any atom is 0.343 e. The third-order valence-corrected chi connectivity index (χ3v) is 4.19. The molecule has 0 amide bonds. The highest BCUT2D eigenvalue weighted by Gasteiger charge is 2.28. The monoisotopic (exact) mass is 377 g/mol. The Kier molecular flexibility index (Phi) is 4.44. The first kappa shape index (κ1) is 17.0. The summed E-state index contributed by atoms with van der Waals surface area (Å²) in [6.45, 7) is 0. The highest BCUT2D eigenvalue weighted by atomic mass is 35.5. The van der Waals surface area contributed by atoms with Crippen molar-refractivity contribution in [2.75, 3.05) is 0 Å². The van der Waals surface area contributed by atoms with Gasteiger partial charge in [0.05, 0.1) is 11.1 Å². The molecule has 1 aliphatic rings. The van der Waals surface area contributed by atoms with Gasteiger partial charge in [0.1, 0.15) is 11.5 Å². The molecule has 0 aliphatic carbocycles. The van der Waals surface area contributed by atoms with Crippen molar-refractivity contribution in [3.05, 3.63) is 94.5 Å². The van der Waals surface area contributed by atoms with Crippen LogP contribution in [0.15, 0.2) is 72.8 Å². The summed E-state index contributed by atoms with van der Waals surface area (Å²) < 4.78 is 11.0. The van der Waals surface area contributed by atoms with Crippen molar-refractivity contribution in [2.24, 2.45) is 0 Å². The Balaban J connectivity index is 1.55. The van der Waals surface area contributed by atoms with Gasteiger partial charge in [-0.2, -0.15) is 0 Å². The first-order valence-electron chi connectivity index (χ1n) is 8.06. The SMILES string of the molecule is O=C(Oc1ccc2c(c1)O/C(=C\c1ccncc1)C2=O)c1ccc(Cl)cc1. The molecule has 0 saturated heterocycles. The van der Waals surface area contributed by atoms with Crippen LogP contribution in [0.2, 0.25) is 5.02 Å². The van der Waals surface area contributed by atoms with Gasteiger partial charge in [0.2, 0.25) is 5.78 Å². The highest BCUT2D eigenvalue weighted by molar-refractivity contribution is 6.30. The third kappa shape index (κ3) is 3.59. The van der Waals surface area contributed by atoms with Crippen LogP contribution < -0.4 is 9.47 Å². The minimum atomic E-state index is -0.525. The van der Waals surface area contributed by atoms with Crippen molar-refractivity contribution >= 4 is 29.4 Å². The zero-order chi connectivity index (χ0) is 18.8. The quantitative estimate of drug-likeness (QED) is 0.380. The number of ether oxygens (including phenoxy) is 2. The van der Waals surface area contributed by atoms with E-state index in [1.165, 1.54) is 6.07 Å². The van der Waals surface area contributed by atoms with Crippen molar-refractivity contribution in [3.8, 4) is 11.5 Å². The van der Waals surface area contributed by atoms with Gasteiger partial charge < -0.3 is 9.47 Å². The number of esters is 1. The van der Waals surface area contributed by atoms with Crippen molar-refractivity contribution in [1.29, 1.82) is 0 Å². The van der Waals surface area contributed by atoms with Crippen LogP contribution in [0.3, 0.4) is 0 Å². The maximum atomic E-state index is 12.5. The van der Waals surface area contributed by atoms with Crippen LogP contribution in [0.4, 0.5) is 0 Å². The van der Waals surface area contributed by atoms with Crippen molar-refractivity contribution in [3.63, 3.8) is 0 Å². The lowest BCUT2D eigenvalue weighted by molar-refractivity contribution is 0.0734. The van der Waals surface area contributed by atoms with Crippen LogP contribution in [0, 0.1) is 0 Å². The molecule has 3 aromatic rings. The minimum Gasteiger partial charge on any atom is -0.452 e. The lowest BCUT2D eigenvalue weighted by atomic mass is 10.1. The zero-order valence-corrected chi connectivity index (χ0v) is 14.6. The summed E-state index contributed by atoms with van der Waals surface area (Å²) in [5, 5.41) is 0.532. The van der Waals surface area contributed by atoms with E-state index in [0.29, 0.717) is 21.9 Å². The topological polar surface area (TPSA) is 65.5 Å². The van der Waals surface area contributed by atoms with E-state index >= 15 is 0 Å². The smallest absolute Gasteiger partial charge is 0.343 e. The van der Waals surface area contributed by atoms with Gasteiger partial charge in [0, 0.05) is 23.5 Å². The normalized spacial score (nSPS) is 14.0. The first-order chi connectivity index (χ1) is 13.1. The van der Waals surface area contributed by atoms with Crippen LogP contribution in [0.25, 0.3) is 6.08 Å². The Morgan fingerprint density at radius 2 is 1.78 bits per heavy atom. The number of carbonyl (C=O) groups is 2. The van der Waals surface area contributed by atoms with Crippen molar-refractivity contribution in [1.82, 2.24) is 4.98 Å². The zero-order valence-electron chi connectivity index (χ0n) is 13.9. The molecule has 0 bridgehead atoms. The number of allylic oxidation sites excluding steroid dienone is 1. The van der Waals surface area contributed by atoms with E-state index in [1.54, 1.807) is 67.0 Å². The second kappa shape index (κ2) is 7.05. The van der Waals surface area contributed by atoms with Gasteiger partial charge in [-0.05, 0) is 60.2 Å². The van der Waals surface area contributed by atoms with Crippen LogP contribution >= 0.6 is 11.6 Å². The Morgan fingerprint density at radius 3 is 2.52 bits per heavy atom. The van der Waals surface area contributed by atoms with Crippen molar-refractivity contribution < 1.29 is 19.1 Å². The number of Topliss-reactive ketones (excluding diaryl/α,β-unsaturated/α-hetero) is 1. The number of aromatic nitrogens is 1. The van der Waals surface area contributed by atoms with E-state index in [1.807, 2.05) is 0 Å². The Morgan fingerprint density at radius 1 is 1.04 bits per heavy atom. The average Bonchev–Trinajstić information content (AvgIpc) is 2.98. The third-order valence-electron chi connectivity index (χ3n) is 3.94. The summed E-state index contributed by atoms with van der Waals surface area (Å²) in [5.74, 6) is 0.0895. The summed E-state index contributed by atoms with van der Waals surface area (Å²) >= 11 is 5.82. The largest absolute Gasteiger partial charge is 0.452 e. The minimum absolute atomic E-state index is 0.206. The van der Waals surface area contributed by atoms with E-state index < -0.39 is 5.97 Å². The fraction of sp³-hybridized carbons (Fsp3) is 0. The van der Waals surface area contributed by atoms with E-state index in [2.05, 4.69) is 4.98 Å². The van der Waals surface area contributed by atoms with Gasteiger partial charge in [-0.1, -0.05) is 11.6 Å². The molecule has 5 nitrogen and oxygen atoms in total. The predicted octanol–water partition coefficient (Wildman–Crippen LogP) is 4.57. The van der Waals surface area contributed by atoms with E-state index in [9.17, 15) is 9.59 Å². The average molecular weight is 378 g/mol. The molecule has 0 unspecified atom stereocenters. The van der Waals surface area contributed by atoms with E-state index in [-0.39, 0.29) is 17.3 Å². The number of rotatable bonds is 3. The maximum absolute atomic E-state index is 12.5. The van der Waals surface area contributed by atoms with E-state index in [0.717, 1.165) is 5.56 Å². The van der Waals surface area contributed by atoms with Gasteiger partial charge in [-0.3, -0.25) is 9.78 Å². The van der Waals surface area contributed by atoms with Gasteiger partial charge in [-0.25, -0.2) is 4.79 Å². The molecule has 132 valence electrons. The van der Waals surface area contributed by atoms with Gasteiger partial charge in [0.25, 0.3) is 0 Å². The molecule has 0 radical (unpaired) electrons. The molecule has 0 fully saturated rings. The van der Waals surface area contributed by atoms with Gasteiger partial charge >= 0.3 is 5.97 Å². The number of hydrogen-bond donors (Lipinski definition) is 0. The lowest BCUT2D eigenvalue weighted by Gasteiger charge is -2.05. The number of ketones is 1. The molecule has 0 saturated carbocycles. The Hall–Kier alpha value is -3.44. The molecule has 0 N–H and O–H groups in total. The summed E-state index contributed by atoms with van der Waals surface area (Å²) in [7, 11) is 0. The van der Waals surface area contributed by atoms with Gasteiger partial charge in [-0.15, -0.1) is 0 Å². The summed E-state index contributed by atoms with van der Waals surface area (Å²) in [6, 6.07) is 14.6. The molecule has 27 heavy (non-hydrogen) atoms. The number of halogens is 1. The number of pyridine rings is 1. The summed E-state index contributed by atoms with van der Waals surface area (Å²) in [6.07, 6.45) is 4.91. The Labute approximate surface area is 159 Å². The second-order valence-electron chi connectivity index (χ2n) is 5.77. The molecular formula is C21H12ClNO4. The van der Waals surface area contributed by atoms with Crippen LogP contribution in [0.1, 0.15) is 26.3 Å². The summed E-state index contributed by atoms with van der Waals surface area (Å²) in [4.78, 5) is 28.6. The lowest BCUT2D eigenvalue weighted by Crippen LogP contribution is -2.08. The highest BCUT2D eigenvalue weighted by Crippen LogP contribution is 2.35. The van der Waals surface area contributed by atoms with Gasteiger partial charge in [0.15, 0.2) is 5.76 Å². The van der Waals surface area contributed by atoms with Crippen LogP contribution in [-0.2, 0) is 0 Å². The molecule has 2 aromatic carbocycles. The Bertz CT molecular complexity index is 1060. The number of carbonyl (C=O) groups excluding carboxylic acids is 2. The molecule has 2 heterocycles. The number of benzene rings is 2. The van der Waals surface area contributed by atoms with Crippen LogP contribution in [-0.4, -0.2) is 16.7 Å². The fourth-order valence-electron chi connectivity index (χ4n) is 2.59. The van der Waals surface area contributed by atoms with E-state index in [4.69, 9.17) is 21.1 Å². The van der Waals surface area contributed by atoms with Crippen molar-refractivity contribution in [2.45, 2.75) is 0 Å². The predicted molar refractivity (Wildman–Crippen MR) is 100 cm³/mol. The molecule has 1 aliphatic heterocycles. The molecule has 4 rings (SSSR count). The number of nitrogens with zero attached hydrogens (tertiary/aromatic N) is 1. The fourth-order valence-corrected chi connectivity index (χ4v) is 2.72. The molecular weight excluding hydrogens is 366 g/mol. The molecule has 1 aromatic heterocycles. The number of fused-ring (bicyclic) bond motifs is 1. The second-order valence-corrected chi connectivity index (χ2v) is 6.21. The summed E-state index contributed by atoms with van der Waals surface area (Å²) in [5.41, 5.74) is 1.59. The number of hydrogen-bond acceptors (Lipinski definition) is 5.